The molecule has 0 heterocycles. The molecule has 0 aliphatic rings. The first-order valence-electron chi connectivity index (χ1n) is 12.4. The second kappa shape index (κ2) is 18.3. The van der Waals surface area contributed by atoms with Gasteiger partial charge in [0.05, 0.1) is 18.3 Å². The molecule has 5 unspecified atom stereocenters. The van der Waals surface area contributed by atoms with Crippen LogP contribution in [0.4, 0.5) is 0 Å². The van der Waals surface area contributed by atoms with Crippen LogP contribution in [0.15, 0.2) is 23.3 Å². The smallest absolute Gasteiger partial charge is 0.146 e. The van der Waals surface area contributed by atoms with Gasteiger partial charge in [0.2, 0.25) is 0 Å². The maximum Gasteiger partial charge on any atom is 0.146 e. The van der Waals surface area contributed by atoms with Crippen LogP contribution >= 0.6 is 0 Å². The molecule has 0 amide bonds. The van der Waals surface area contributed by atoms with Gasteiger partial charge in [-0.25, -0.2) is 0 Å². The van der Waals surface area contributed by atoms with E-state index >= 15 is 0 Å². The Morgan fingerprint density at radius 1 is 0.971 bits per heavy atom. The lowest BCUT2D eigenvalue weighted by Gasteiger charge is -2.37. The van der Waals surface area contributed by atoms with E-state index in [1.54, 1.807) is 28.4 Å². The summed E-state index contributed by atoms with van der Waals surface area (Å²) in [4.78, 5) is 13.4. The third-order valence-electron chi connectivity index (χ3n) is 7.21. The Balaban J connectivity index is 0. The lowest BCUT2D eigenvalue weighted by atomic mass is 9.73. The van der Waals surface area contributed by atoms with E-state index in [1.807, 2.05) is 27.7 Å². The quantitative estimate of drug-likeness (QED) is 0.195. The van der Waals surface area contributed by atoms with Gasteiger partial charge in [0.15, 0.2) is 0 Å². The molecular weight excluding hydrogens is 428 g/mol. The van der Waals surface area contributed by atoms with Crippen molar-refractivity contribution in [2.75, 3.05) is 35.0 Å². The fraction of sp³-hybridized carbons (Fsp3) is 0.828. The highest BCUT2D eigenvalue weighted by Crippen LogP contribution is 2.34. The summed E-state index contributed by atoms with van der Waals surface area (Å²) in [5.41, 5.74) is 2.04. The van der Waals surface area contributed by atoms with Gasteiger partial charge in [0, 0.05) is 46.4 Å². The fourth-order valence-corrected chi connectivity index (χ4v) is 4.75. The molecule has 0 radical (unpaired) electrons. The van der Waals surface area contributed by atoms with Crippen LogP contribution in [0.3, 0.4) is 0 Å². The highest BCUT2D eigenvalue weighted by molar-refractivity contribution is 5.87. The van der Waals surface area contributed by atoms with Gasteiger partial charge in [0.1, 0.15) is 5.78 Å². The standard InChI is InChI=1S/C28H52O5.CH4/c1-12-21(3)24(31-9)17-16-20(2)14-13-15-22(4)26(33-11)23(5)27(29)28(6,7)25(32-10)18-19-30-8;/h12,16,22-26H,13-15,17-19H2,1-11H3;1H4/b20-16?,21-12+;. The molecule has 0 spiro atoms. The second-order valence-corrected chi connectivity index (χ2v) is 9.99. The van der Waals surface area contributed by atoms with Crippen LogP contribution in [0.5, 0.6) is 0 Å². The zero-order valence-corrected chi connectivity index (χ0v) is 23.3. The molecule has 0 aliphatic carbocycles. The van der Waals surface area contributed by atoms with E-state index in [1.165, 1.54) is 11.1 Å². The lowest BCUT2D eigenvalue weighted by Crippen LogP contribution is -2.46. The summed E-state index contributed by atoms with van der Waals surface area (Å²) in [5.74, 6) is 0.266. The molecule has 0 aromatic rings. The van der Waals surface area contributed by atoms with Gasteiger partial charge in [-0.1, -0.05) is 52.8 Å². The number of rotatable bonds is 18. The largest absolute Gasteiger partial charge is 0.385 e. The Morgan fingerprint density at radius 3 is 2.06 bits per heavy atom. The highest BCUT2D eigenvalue weighted by Gasteiger charge is 2.42. The first kappa shape index (κ1) is 35.2. The molecule has 5 heteroatoms. The van der Waals surface area contributed by atoms with Crippen molar-refractivity contribution in [3.8, 4) is 0 Å². The zero-order chi connectivity index (χ0) is 25.6. The number of Topliss-reactive ketones (excluding diaryl/α,β-unsaturated/α-hetero) is 1. The van der Waals surface area contributed by atoms with E-state index in [-0.39, 0.29) is 43.4 Å². The number of ether oxygens (including phenoxy) is 4. The molecule has 0 bridgehead atoms. The van der Waals surface area contributed by atoms with Crippen LogP contribution in [0.25, 0.3) is 0 Å². The average molecular weight is 485 g/mol. The molecule has 0 aromatic carbocycles. The molecule has 0 rings (SSSR count). The van der Waals surface area contributed by atoms with Crippen molar-refractivity contribution in [1.29, 1.82) is 0 Å². The van der Waals surface area contributed by atoms with Crippen LogP contribution in [-0.4, -0.2) is 59.1 Å². The number of hydrogen-bond donors (Lipinski definition) is 0. The van der Waals surface area contributed by atoms with Crippen molar-refractivity contribution in [3.05, 3.63) is 23.3 Å². The predicted molar refractivity (Wildman–Crippen MR) is 144 cm³/mol. The minimum atomic E-state index is -0.606. The molecule has 0 aromatic heterocycles. The van der Waals surface area contributed by atoms with Crippen molar-refractivity contribution < 1.29 is 23.7 Å². The van der Waals surface area contributed by atoms with Crippen molar-refractivity contribution in [2.24, 2.45) is 17.3 Å². The maximum atomic E-state index is 13.4. The Bertz CT molecular complexity index is 608. The monoisotopic (exact) mass is 484 g/mol. The summed E-state index contributed by atoms with van der Waals surface area (Å²) in [6.45, 7) is 15.1. The van der Waals surface area contributed by atoms with Crippen LogP contribution in [0.1, 0.15) is 88.0 Å². The fourth-order valence-electron chi connectivity index (χ4n) is 4.75. The van der Waals surface area contributed by atoms with Gasteiger partial charge in [0.25, 0.3) is 0 Å². The third-order valence-corrected chi connectivity index (χ3v) is 7.21. The van der Waals surface area contributed by atoms with Gasteiger partial charge in [-0.3, -0.25) is 4.79 Å². The summed E-state index contributed by atoms with van der Waals surface area (Å²) in [7, 11) is 6.82. The summed E-state index contributed by atoms with van der Waals surface area (Å²) >= 11 is 0. The minimum Gasteiger partial charge on any atom is -0.385 e. The summed E-state index contributed by atoms with van der Waals surface area (Å²) < 4.78 is 22.3. The van der Waals surface area contributed by atoms with E-state index in [0.29, 0.717) is 13.0 Å². The number of allylic oxidation sites excluding steroid dienone is 2. The number of hydrogen-bond acceptors (Lipinski definition) is 5. The van der Waals surface area contributed by atoms with E-state index in [2.05, 4.69) is 32.9 Å². The maximum absolute atomic E-state index is 13.4. The first-order valence-corrected chi connectivity index (χ1v) is 12.4. The average Bonchev–Trinajstić information content (AvgIpc) is 2.79. The van der Waals surface area contributed by atoms with Crippen molar-refractivity contribution in [2.45, 2.75) is 106 Å². The summed E-state index contributed by atoms with van der Waals surface area (Å²) in [5, 5.41) is 0. The van der Waals surface area contributed by atoms with Gasteiger partial charge in [-0.15, -0.1) is 0 Å². The predicted octanol–water partition coefficient (Wildman–Crippen LogP) is 7.04. The van der Waals surface area contributed by atoms with E-state index in [9.17, 15) is 4.79 Å². The molecule has 0 saturated heterocycles. The number of methoxy groups -OCH3 is 4. The van der Waals surface area contributed by atoms with E-state index in [4.69, 9.17) is 18.9 Å². The summed E-state index contributed by atoms with van der Waals surface area (Å²) in [6, 6.07) is 0. The van der Waals surface area contributed by atoms with Crippen molar-refractivity contribution in [1.82, 2.24) is 0 Å². The van der Waals surface area contributed by atoms with Crippen molar-refractivity contribution >= 4 is 5.78 Å². The molecule has 34 heavy (non-hydrogen) atoms. The summed E-state index contributed by atoms with van der Waals surface area (Å²) in [6.07, 6.45) is 8.97. The number of ketones is 1. The molecule has 202 valence electrons. The SMILES string of the molecule is C.C/C=C(\C)C(CC=C(C)CCCC(C)C(OC)C(C)C(=O)C(C)(C)C(CCOC)OC)OC. The normalized spacial score (nSPS) is 17.5. The zero-order valence-electron chi connectivity index (χ0n) is 23.3. The number of carbonyl (C=O) groups excluding carboxylic acids is 1. The van der Waals surface area contributed by atoms with Crippen LogP contribution in [-0.2, 0) is 23.7 Å². The number of carbonyl (C=O) groups is 1. The molecule has 5 nitrogen and oxygen atoms in total. The molecule has 0 saturated carbocycles. The van der Waals surface area contributed by atoms with Crippen LogP contribution < -0.4 is 0 Å². The molecule has 0 fully saturated rings. The molecule has 5 atom stereocenters. The Labute approximate surface area is 211 Å². The van der Waals surface area contributed by atoms with Gasteiger partial charge >= 0.3 is 0 Å². The minimum absolute atomic E-state index is 0. The van der Waals surface area contributed by atoms with Crippen molar-refractivity contribution in [3.63, 3.8) is 0 Å². The topological polar surface area (TPSA) is 54.0 Å². The first-order chi connectivity index (χ1) is 15.5. The third kappa shape index (κ3) is 11.2. The molecule has 0 N–H and O–H groups in total. The second-order valence-electron chi connectivity index (χ2n) is 9.99. The molecule has 0 aliphatic heterocycles. The highest BCUT2D eigenvalue weighted by atomic mass is 16.5. The van der Waals surface area contributed by atoms with Gasteiger partial charge in [-0.2, -0.15) is 0 Å². The van der Waals surface area contributed by atoms with E-state index < -0.39 is 5.41 Å². The van der Waals surface area contributed by atoms with Gasteiger partial charge in [-0.05, 0) is 64.4 Å². The Kier molecular flexibility index (Phi) is 18.9. The van der Waals surface area contributed by atoms with Gasteiger partial charge < -0.3 is 18.9 Å². The lowest BCUT2D eigenvalue weighted by molar-refractivity contribution is -0.145. The van der Waals surface area contributed by atoms with Crippen LogP contribution in [0.2, 0.25) is 0 Å². The van der Waals surface area contributed by atoms with E-state index in [0.717, 1.165) is 25.7 Å². The Morgan fingerprint density at radius 2 is 1.59 bits per heavy atom. The Hall–Kier alpha value is -1.01. The van der Waals surface area contributed by atoms with Crippen LogP contribution in [0, 0.1) is 17.3 Å². The molecular formula is C29H56O5.